The first-order chi connectivity index (χ1) is 9.26. The Morgan fingerprint density at radius 2 is 2.16 bits per heavy atom. The third kappa shape index (κ3) is 3.57. The van der Waals surface area contributed by atoms with Crippen LogP contribution in [0.25, 0.3) is 0 Å². The van der Waals surface area contributed by atoms with Crippen LogP contribution in [0.2, 0.25) is 0 Å². The molecule has 1 aliphatic carbocycles. The van der Waals surface area contributed by atoms with Gasteiger partial charge in [0.05, 0.1) is 6.61 Å². The summed E-state index contributed by atoms with van der Waals surface area (Å²) in [7, 11) is 0. The van der Waals surface area contributed by atoms with Crippen molar-refractivity contribution in [3.63, 3.8) is 0 Å². The standard InChI is InChI=1S/C15H17NO3/c17-9-2-4-12-3-1-5-13(11-12)15(19)16(8-10-18)14-6-7-14/h1,3,5,11,14,17-18H,6-10H2. The van der Waals surface area contributed by atoms with E-state index < -0.39 is 0 Å². The predicted octanol–water partition coefficient (Wildman–Crippen LogP) is 0.627. The fourth-order valence-electron chi connectivity index (χ4n) is 1.98. The van der Waals surface area contributed by atoms with E-state index in [1.807, 2.05) is 0 Å². The summed E-state index contributed by atoms with van der Waals surface area (Å²) in [6.07, 6.45) is 2.02. The Kier molecular flexibility index (Phi) is 4.56. The van der Waals surface area contributed by atoms with Gasteiger partial charge < -0.3 is 15.1 Å². The molecule has 1 aromatic rings. The van der Waals surface area contributed by atoms with Crippen LogP contribution in [0.3, 0.4) is 0 Å². The fourth-order valence-corrected chi connectivity index (χ4v) is 1.98. The van der Waals surface area contributed by atoms with Gasteiger partial charge in [-0.2, -0.15) is 0 Å². The number of hydrogen-bond donors (Lipinski definition) is 2. The van der Waals surface area contributed by atoms with E-state index in [4.69, 9.17) is 10.2 Å². The van der Waals surface area contributed by atoms with Gasteiger partial charge in [0, 0.05) is 23.7 Å². The lowest BCUT2D eigenvalue weighted by molar-refractivity contribution is 0.0707. The Morgan fingerprint density at radius 3 is 2.79 bits per heavy atom. The zero-order chi connectivity index (χ0) is 13.7. The van der Waals surface area contributed by atoms with Gasteiger partial charge in [-0.25, -0.2) is 0 Å². The van der Waals surface area contributed by atoms with Crippen molar-refractivity contribution < 1.29 is 15.0 Å². The monoisotopic (exact) mass is 259 g/mol. The van der Waals surface area contributed by atoms with E-state index in [-0.39, 0.29) is 25.2 Å². The second-order valence-corrected chi connectivity index (χ2v) is 4.49. The number of hydrogen-bond acceptors (Lipinski definition) is 3. The van der Waals surface area contributed by atoms with Crippen molar-refractivity contribution in [2.24, 2.45) is 0 Å². The molecule has 19 heavy (non-hydrogen) atoms. The topological polar surface area (TPSA) is 60.8 Å². The lowest BCUT2D eigenvalue weighted by atomic mass is 10.1. The highest BCUT2D eigenvalue weighted by Crippen LogP contribution is 2.28. The van der Waals surface area contributed by atoms with Gasteiger partial charge >= 0.3 is 0 Å². The maximum atomic E-state index is 12.4. The normalized spacial score (nSPS) is 13.6. The molecular weight excluding hydrogens is 242 g/mol. The average molecular weight is 259 g/mol. The summed E-state index contributed by atoms with van der Waals surface area (Å²) in [4.78, 5) is 14.1. The van der Waals surface area contributed by atoms with Gasteiger partial charge in [0.25, 0.3) is 5.91 Å². The molecule has 1 fully saturated rings. The van der Waals surface area contributed by atoms with E-state index in [2.05, 4.69) is 11.8 Å². The van der Waals surface area contributed by atoms with Crippen molar-refractivity contribution in [1.29, 1.82) is 0 Å². The van der Waals surface area contributed by atoms with E-state index in [1.54, 1.807) is 29.2 Å². The van der Waals surface area contributed by atoms with E-state index in [9.17, 15) is 4.79 Å². The molecule has 0 unspecified atom stereocenters. The number of nitrogens with zero attached hydrogens (tertiary/aromatic N) is 1. The van der Waals surface area contributed by atoms with Gasteiger partial charge in [-0.15, -0.1) is 0 Å². The summed E-state index contributed by atoms with van der Waals surface area (Å²) in [6.45, 7) is 0.152. The lowest BCUT2D eigenvalue weighted by Gasteiger charge is -2.21. The molecule has 100 valence electrons. The molecule has 0 heterocycles. The van der Waals surface area contributed by atoms with Gasteiger partial charge in [-0.1, -0.05) is 17.9 Å². The smallest absolute Gasteiger partial charge is 0.254 e. The Labute approximate surface area is 112 Å². The molecule has 0 atom stereocenters. The average Bonchev–Trinajstić information content (AvgIpc) is 3.26. The first-order valence-electron chi connectivity index (χ1n) is 6.38. The van der Waals surface area contributed by atoms with Crippen LogP contribution in [0.1, 0.15) is 28.8 Å². The van der Waals surface area contributed by atoms with E-state index in [0.717, 1.165) is 12.8 Å². The number of carbonyl (C=O) groups is 1. The molecule has 2 rings (SSSR count). The molecule has 1 amide bonds. The van der Waals surface area contributed by atoms with Gasteiger partial charge in [-0.05, 0) is 31.0 Å². The van der Waals surface area contributed by atoms with Crippen LogP contribution < -0.4 is 0 Å². The summed E-state index contributed by atoms with van der Waals surface area (Å²) in [6, 6.07) is 7.31. The van der Waals surface area contributed by atoms with Crippen molar-refractivity contribution in [3.8, 4) is 11.8 Å². The third-order valence-corrected chi connectivity index (χ3v) is 3.01. The maximum absolute atomic E-state index is 12.4. The second kappa shape index (κ2) is 6.37. The quantitative estimate of drug-likeness (QED) is 0.780. The molecule has 1 saturated carbocycles. The molecule has 0 bridgehead atoms. The Hall–Kier alpha value is -1.83. The van der Waals surface area contributed by atoms with Crippen LogP contribution in [0.15, 0.2) is 24.3 Å². The largest absolute Gasteiger partial charge is 0.395 e. The molecule has 0 aromatic heterocycles. The third-order valence-electron chi connectivity index (χ3n) is 3.01. The number of benzene rings is 1. The second-order valence-electron chi connectivity index (χ2n) is 4.49. The predicted molar refractivity (Wildman–Crippen MR) is 71.6 cm³/mol. The lowest BCUT2D eigenvalue weighted by Crippen LogP contribution is -2.35. The minimum Gasteiger partial charge on any atom is -0.395 e. The molecule has 2 N–H and O–H groups in total. The Balaban J connectivity index is 2.17. The summed E-state index contributed by atoms with van der Waals surface area (Å²) < 4.78 is 0. The number of aliphatic hydroxyl groups excluding tert-OH is 2. The van der Waals surface area contributed by atoms with Gasteiger partial charge in [-0.3, -0.25) is 4.79 Å². The number of rotatable bonds is 4. The summed E-state index contributed by atoms with van der Waals surface area (Å²) in [5, 5.41) is 17.7. The van der Waals surface area contributed by atoms with Crippen LogP contribution in [0.5, 0.6) is 0 Å². The van der Waals surface area contributed by atoms with E-state index >= 15 is 0 Å². The first kappa shape index (κ1) is 13.6. The fraction of sp³-hybridized carbons (Fsp3) is 0.400. The van der Waals surface area contributed by atoms with Gasteiger partial charge in [0.1, 0.15) is 6.61 Å². The van der Waals surface area contributed by atoms with Crippen LogP contribution in [0.4, 0.5) is 0 Å². The number of amides is 1. The van der Waals surface area contributed by atoms with Crippen molar-refractivity contribution in [2.45, 2.75) is 18.9 Å². The molecule has 4 nitrogen and oxygen atoms in total. The SMILES string of the molecule is O=C(c1cccc(C#CCO)c1)N(CCO)C1CC1. The van der Waals surface area contributed by atoms with Crippen LogP contribution in [-0.4, -0.2) is 46.8 Å². The zero-order valence-corrected chi connectivity index (χ0v) is 10.7. The van der Waals surface area contributed by atoms with Gasteiger partial charge in [0.15, 0.2) is 0 Å². The minimum atomic E-state index is -0.198. The molecule has 4 heteroatoms. The zero-order valence-electron chi connectivity index (χ0n) is 10.7. The molecule has 1 aliphatic rings. The summed E-state index contributed by atoms with van der Waals surface area (Å²) in [5.74, 6) is 5.28. The molecular formula is C15H17NO3. The van der Waals surface area contributed by atoms with Crippen LogP contribution in [0, 0.1) is 11.8 Å². The van der Waals surface area contributed by atoms with Crippen molar-refractivity contribution in [1.82, 2.24) is 4.90 Å². The highest BCUT2D eigenvalue weighted by atomic mass is 16.3. The number of carbonyl (C=O) groups excluding carboxylic acids is 1. The highest BCUT2D eigenvalue weighted by Gasteiger charge is 2.32. The van der Waals surface area contributed by atoms with Gasteiger partial charge in [0.2, 0.25) is 0 Å². The highest BCUT2D eigenvalue weighted by molar-refractivity contribution is 5.95. The molecule has 0 radical (unpaired) electrons. The van der Waals surface area contributed by atoms with Crippen LogP contribution in [-0.2, 0) is 0 Å². The Bertz CT molecular complexity index is 512. The molecule has 1 aromatic carbocycles. The molecule has 0 saturated heterocycles. The number of aliphatic hydroxyl groups is 2. The van der Waals surface area contributed by atoms with Crippen molar-refractivity contribution in [2.75, 3.05) is 19.8 Å². The van der Waals surface area contributed by atoms with Crippen LogP contribution >= 0.6 is 0 Å². The maximum Gasteiger partial charge on any atom is 0.254 e. The molecule has 0 aliphatic heterocycles. The Morgan fingerprint density at radius 1 is 1.37 bits per heavy atom. The minimum absolute atomic E-state index is 0.0216. The summed E-state index contributed by atoms with van der Waals surface area (Å²) >= 11 is 0. The van der Waals surface area contributed by atoms with E-state index in [0.29, 0.717) is 17.7 Å². The first-order valence-corrected chi connectivity index (χ1v) is 6.38. The summed E-state index contributed by atoms with van der Waals surface area (Å²) in [5.41, 5.74) is 1.28. The van der Waals surface area contributed by atoms with Crippen molar-refractivity contribution >= 4 is 5.91 Å². The van der Waals surface area contributed by atoms with Crippen molar-refractivity contribution in [3.05, 3.63) is 35.4 Å². The molecule has 0 spiro atoms. The van der Waals surface area contributed by atoms with E-state index in [1.165, 1.54) is 0 Å².